The Morgan fingerprint density at radius 2 is 2.00 bits per heavy atom. The van der Waals surface area contributed by atoms with Crippen molar-refractivity contribution in [3.63, 3.8) is 0 Å². The molecule has 1 aromatic carbocycles. The van der Waals surface area contributed by atoms with Crippen molar-refractivity contribution in [1.82, 2.24) is 5.32 Å². The Morgan fingerprint density at radius 3 is 2.58 bits per heavy atom. The number of rotatable bonds is 6. The molecule has 1 fully saturated rings. The van der Waals surface area contributed by atoms with Crippen molar-refractivity contribution in [3.8, 4) is 0 Å². The number of amides is 1. The van der Waals surface area contributed by atoms with Gasteiger partial charge in [0.15, 0.2) is 0 Å². The van der Waals surface area contributed by atoms with Gasteiger partial charge in [0.25, 0.3) is 0 Å². The Morgan fingerprint density at radius 1 is 1.38 bits per heavy atom. The average Bonchev–Trinajstić information content (AvgIpc) is 2.59. The van der Waals surface area contributed by atoms with E-state index in [1.165, 1.54) is 0 Å². The number of carbonyl (C=O) groups is 1. The van der Waals surface area contributed by atoms with Gasteiger partial charge < -0.3 is 15.8 Å². The van der Waals surface area contributed by atoms with Gasteiger partial charge in [-0.05, 0) is 30.4 Å². The van der Waals surface area contributed by atoms with E-state index in [0.29, 0.717) is 19.8 Å². The van der Waals surface area contributed by atoms with Crippen LogP contribution in [-0.4, -0.2) is 31.7 Å². The van der Waals surface area contributed by atoms with Crippen LogP contribution in [0.5, 0.6) is 0 Å². The zero-order valence-electron chi connectivity index (χ0n) is 14.4. The van der Waals surface area contributed by atoms with Crippen LogP contribution in [-0.2, 0) is 14.9 Å². The van der Waals surface area contributed by atoms with Crippen LogP contribution in [0.4, 0.5) is 0 Å². The molecule has 4 nitrogen and oxygen atoms in total. The highest BCUT2D eigenvalue weighted by Crippen LogP contribution is 2.38. The average molecular weight is 375 g/mol. The molecule has 0 spiro atoms. The van der Waals surface area contributed by atoms with E-state index in [1.54, 1.807) is 0 Å². The van der Waals surface area contributed by atoms with Gasteiger partial charge in [0.05, 0.1) is 6.04 Å². The molecule has 1 saturated heterocycles. The minimum Gasteiger partial charge on any atom is -0.381 e. The summed E-state index contributed by atoms with van der Waals surface area (Å²) in [5.74, 6) is 0.0817. The molecule has 2 rings (SSSR count). The first-order valence-corrected chi connectivity index (χ1v) is 8.74. The summed E-state index contributed by atoms with van der Waals surface area (Å²) in [6.45, 7) is 5.95. The molecule has 136 valence electrons. The molecule has 2 unspecified atom stereocenters. The lowest BCUT2D eigenvalue weighted by molar-refractivity contribution is -0.123. The monoisotopic (exact) mass is 374 g/mol. The van der Waals surface area contributed by atoms with Crippen LogP contribution in [0.15, 0.2) is 24.3 Å². The van der Waals surface area contributed by atoms with Crippen molar-refractivity contribution in [2.24, 2.45) is 11.7 Å². The Bertz CT molecular complexity index is 534. The highest BCUT2D eigenvalue weighted by atomic mass is 35.5. The zero-order valence-corrected chi connectivity index (χ0v) is 16.0. The van der Waals surface area contributed by atoms with Crippen molar-refractivity contribution < 1.29 is 9.53 Å². The number of nitrogens with two attached hydrogens (primary N) is 1. The Labute approximate surface area is 155 Å². The third kappa shape index (κ3) is 4.85. The number of carbonyl (C=O) groups excluding carboxylic acids is 1. The van der Waals surface area contributed by atoms with Crippen LogP contribution >= 0.6 is 24.0 Å². The van der Waals surface area contributed by atoms with Gasteiger partial charge in [0.1, 0.15) is 0 Å². The van der Waals surface area contributed by atoms with Gasteiger partial charge in [0.2, 0.25) is 5.91 Å². The van der Waals surface area contributed by atoms with Gasteiger partial charge in [-0.25, -0.2) is 0 Å². The summed E-state index contributed by atoms with van der Waals surface area (Å²) < 4.78 is 5.52. The van der Waals surface area contributed by atoms with Crippen LogP contribution < -0.4 is 11.1 Å². The van der Waals surface area contributed by atoms with Crippen LogP contribution in [0.3, 0.4) is 0 Å². The molecule has 0 radical (unpaired) electrons. The van der Waals surface area contributed by atoms with Crippen molar-refractivity contribution >= 4 is 29.9 Å². The highest BCUT2D eigenvalue weighted by Gasteiger charge is 2.36. The molecule has 0 saturated carbocycles. The second-order valence-corrected chi connectivity index (χ2v) is 6.91. The SMILES string of the molecule is CCC(C)C(N)C(=O)NCC1(c2ccccc2Cl)CCOCC1.Cl. The Hall–Kier alpha value is -0.810. The predicted octanol–water partition coefficient (Wildman–Crippen LogP) is 3.30. The first kappa shape index (κ1) is 21.2. The van der Waals surface area contributed by atoms with E-state index in [1.807, 2.05) is 32.0 Å². The summed E-state index contributed by atoms with van der Waals surface area (Å²) in [5.41, 5.74) is 6.94. The van der Waals surface area contributed by atoms with E-state index in [9.17, 15) is 4.79 Å². The summed E-state index contributed by atoms with van der Waals surface area (Å²) in [5, 5.41) is 3.80. The zero-order chi connectivity index (χ0) is 16.9. The first-order valence-electron chi connectivity index (χ1n) is 8.36. The van der Waals surface area contributed by atoms with E-state index < -0.39 is 6.04 Å². The minimum absolute atomic E-state index is 0. The second kappa shape index (κ2) is 9.62. The van der Waals surface area contributed by atoms with Gasteiger partial charge in [0, 0.05) is 30.2 Å². The number of hydrogen-bond donors (Lipinski definition) is 2. The molecule has 1 heterocycles. The summed E-state index contributed by atoms with van der Waals surface area (Å²) in [6, 6.07) is 7.40. The third-order valence-corrected chi connectivity index (χ3v) is 5.39. The lowest BCUT2D eigenvalue weighted by Gasteiger charge is -2.38. The van der Waals surface area contributed by atoms with Crippen molar-refractivity contribution in [2.45, 2.75) is 44.6 Å². The normalized spacial score (nSPS) is 19.0. The third-order valence-electron chi connectivity index (χ3n) is 5.06. The highest BCUT2D eigenvalue weighted by molar-refractivity contribution is 6.31. The fourth-order valence-electron chi connectivity index (χ4n) is 3.08. The molecule has 24 heavy (non-hydrogen) atoms. The summed E-state index contributed by atoms with van der Waals surface area (Å²) in [7, 11) is 0. The lowest BCUT2D eigenvalue weighted by Crippen LogP contribution is -2.50. The van der Waals surface area contributed by atoms with Gasteiger partial charge in [-0.2, -0.15) is 0 Å². The molecule has 1 aromatic rings. The van der Waals surface area contributed by atoms with Crippen LogP contribution in [0.2, 0.25) is 5.02 Å². The molecule has 1 amide bonds. The van der Waals surface area contributed by atoms with Crippen molar-refractivity contribution in [2.75, 3.05) is 19.8 Å². The molecular formula is C18H28Cl2N2O2. The van der Waals surface area contributed by atoms with Crippen LogP contribution in [0.1, 0.15) is 38.7 Å². The summed E-state index contributed by atoms with van der Waals surface area (Å²) >= 11 is 6.42. The predicted molar refractivity (Wildman–Crippen MR) is 101 cm³/mol. The minimum atomic E-state index is -0.469. The summed E-state index contributed by atoms with van der Waals surface area (Å²) in [4.78, 5) is 12.3. The fraction of sp³-hybridized carbons (Fsp3) is 0.611. The Balaban J connectivity index is 0.00000288. The maximum absolute atomic E-state index is 12.3. The van der Waals surface area contributed by atoms with Gasteiger partial charge in [-0.3, -0.25) is 4.79 Å². The van der Waals surface area contributed by atoms with Gasteiger partial charge in [-0.1, -0.05) is 50.1 Å². The molecule has 0 bridgehead atoms. The quantitative estimate of drug-likeness (QED) is 0.802. The van der Waals surface area contributed by atoms with E-state index in [0.717, 1.165) is 29.8 Å². The number of benzene rings is 1. The number of halogens is 2. The molecule has 0 aliphatic carbocycles. The molecule has 1 aliphatic heterocycles. The van der Waals surface area contributed by atoms with Gasteiger partial charge in [-0.15, -0.1) is 12.4 Å². The fourth-order valence-corrected chi connectivity index (χ4v) is 3.42. The Kier molecular flexibility index (Phi) is 8.51. The van der Waals surface area contributed by atoms with Crippen LogP contribution in [0.25, 0.3) is 0 Å². The maximum atomic E-state index is 12.3. The summed E-state index contributed by atoms with van der Waals surface area (Å²) in [6.07, 6.45) is 2.57. The molecule has 2 atom stereocenters. The number of nitrogens with one attached hydrogen (secondary N) is 1. The molecular weight excluding hydrogens is 347 g/mol. The largest absolute Gasteiger partial charge is 0.381 e. The maximum Gasteiger partial charge on any atom is 0.237 e. The smallest absolute Gasteiger partial charge is 0.237 e. The van der Waals surface area contributed by atoms with E-state index in [2.05, 4.69) is 11.4 Å². The van der Waals surface area contributed by atoms with Crippen LogP contribution in [0, 0.1) is 5.92 Å². The number of hydrogen-bond acceptors (Lipinski definition) is 3. The van der Waals surface area contributed by atoms with Crippen molar-refractivity contribution in [1.29, 1.82) is 0 Å². The van der Waals surface area contributed by atoms with E-state index in [4.69, 9.17) is 22.1 Å². The topological polar surface area (TPSA) is 64.4 Å². The first-order chi connectivity index (χ1) is 11.0. The van der Waals surface area contributed by atoms with Gasteiger partial charge >= 0.3 is 0 Å². The van der Waals surface area contributed by atoms with E-state index in [-0.39, 0.29) is 29.6 Å². The molecule has 1 aliphatic rings. The molecule has 0 aromatic heterocycles. The van der Waals surface area contributed by atoms with E-state index >= 15 is 0 Å². The standard InChI is InChI=1S/C18H27ClN2O2.ClH/c1-3-13(2)16(20)17(22)21-12-18(8-10-23-11-9-18)14-6-4-5-7-15(14)19;/h4-7,13,16H,3,8-12,20H2,1-2H3,(H,21,22);1H. The second-order valence-electron chi connectivity index (χ2n) is 6.50. The number of ether oxygens (including phenoxy) is 1. The van der Waals surface area contributed by atoms with Crippen molar-refractivity contribution in [3.05, 3.63) is 34.9 Å². The lowest BCUT2D eigenvalue weighted by atomic mass is 9.74. The molecule has 3 N–H and O–H groups in total. The molecule has 6 heteroatoms.